The third-order valence-corrected chi connectivity index (χ3v) is 5.58. The lowest BCUT2D eigenvalue weighted by molar-refractivity contribution is 0.112. The lowest BCUT2D eigenvalue weighted by atomic mass is 9.89. The largest absolute Gasteiger partial charge is 0.455 e. The highest BCUT2D eigenvalue weighted by atomic mass is 16.3. The second-order valence-corrected chi connectivity index (χ2v) is 7.12. The second-order valence-electron chi connectivity index (χ2n) is 7.12. The van der Waals surface area contributed by atoms with Crippen molar-refractivity contribution in [3.8, 4) is 22.5 Å². The number of aliphatic hydroxyl groups is 1. The van der Waals surface area contributed by atoms with E-state index in [-0.39, 0.29) is 23.4 Å². The Morgan fingerprint density at radius 3 is 2.47 bits per heavy atom. The standard InChI is InChI=1S/C25H23NO4/c1-3-26(4-2)17-9-10-19-23(13-17)30-25-20(11-12-22(29)21(25)15-28)24(19)18-8-6-5-7-16(18)14-27/h5-13,15,27H,3-4,14H2,1-2H3. The molecule has 2 aromatic carbocycles. The van der Waals surface area contributed by atoms with Gasteiger partial charge in [-0.15, -0.1) is 0 Å². The van der Waals surface area contributed by atoms with Gasteiger partial charge >= 0.3 is 0 Å². The highest BCUT2D eigenvalue weighted by molar-refractivity contribution is 6.05. The molecule has 0 fully saturated rings. The van der Waals surface area contributed by atoms with Gasteiger partial charge in [-0.25, -0.2) is 0 Å². The summed E-state index contributed by atoms with van der Waals surface area (Å²) in [5.74, 6) is 0.268. The Balaban J connectivity index is 2.16. The maximum atomic E-state index is 12.3. The minimum Gasteiger partial charge on any atom is -0.455 e. The predicted molar refractivity (Wildman–Crippen MR) is 119 cm³/mol. The number of rotatable bonds is 6. The third kappa shape index (κ3) is 3.17. The van der Waals surface area contributed by atoms with E-state index in [9.17, 15) is 14.7 Å². The minimum atomic E-state index is -0.373. The lowest BCUT2D eigenvalue weighted by Gasteiger charge is -2.23. The van der Waals surface area contributed by atoms with Crippen molar-refractivity contribution in [3.63, 3.8) is 0 Å². The number of hydrogen-bond acceptors (Lipinski definition) is 5. The first-order valence-electron chi connectivity index (χ1n) is 10.1. The van der Waals surface area contributed by atoms with Crippen LogP contribution in [-0.2, 0) is 6.61 Å². The topological polar surface area (TPSA) is 70.8 Å². The molecule has 5 heteroatoms. The normalized spacial score (nSPS) is 11.2. The van der Waals surface area contributed by atoms with Crippen LogP contribution in [0.3, 0.4) is 0 Å². The van der Waals surface area contributed by atoms with Crippen LogP contribution in [0.5, 0.6) is 0 Å². The van der Waals surface area contributed by atoms with Crippen molar-refractivity contribution in [1.29, 1.82) is 0 Å². The van der Waals surface area contributed by atoms with Crippen molar-refractivity contribution in [2.24, 2.45) is 0 Å². The van der Waals surface area contributed by atoms with Gasteiger partial charge in [0.2, 0.25) is 0 Å². The lowest BCUT2D eigenvalue weighted by Crippen LogP contribution is -2.21. The molecule has 0 amide bonds. The van der Waals surface area contributed by atoms with Gasteiger partial charge in [-0.05, 0) is 49.2 Å². The summed E-state index contributed by atoms with van der Waals surface area (Å²) in [5.41, 5.74) is 4.33. The fourth-order valence-corrected chi connectivity index (χ4v) is 4.03. The molecule has 0 atom stereocenters. The maximum Gasteiger partial charge on any atom is 0.192 e. The molecule has 0 saturated heterocycles. The summed E-state index contributed by atoms with van der Waals surface area (Å²) in [6.07, 6.45) is 0.552. The number of aldehydes is 1. The molecule has 0 radical (unpaired) electrons. The van der Waals surface area contributed by atoms with E-state index in [1.807, 2.05) is 42.5 Å². The Hall–Kier alpha value is -3.44. The predicted octanol–water partition coefficient (Wildman–Crippen LogP) is 4.72. The number of fused-ring (bicyclic) bond motifs is 2. The van der Waals surface area contributed by atoms with Gasteiger partial charge in [-0.3, -0.25) is 9.59 Å². The Morgan fingerprint density at radius 2 is 1.77 bits per heavy atom. The van der Waals surface area contributed by atoms with Gasteiger partial charge in [-0.1, -0.05) is 24.3 Å². The fourth-order valence-electron chi connectivity index (χ4n) is 4.03. The number of aliphatic hydroxyl groups excluding tert-OH is 1. The van der Waals surface area contributed by atoms with E-state index in [2.05, 4.69) is 18.7 Å². The van der Waals surface area contributed by atoms with Gasteiger partial charge in [0.15, 0.2) is 11.7 Å². The molecule has 2 aromatic rings. The fraction of sp³-hybridized carbons (Fsp3) is 0.200. The van der Waals surface area contributed by atoms with Gasteiger partial charge in [0.1, 0.15) is 16.9 Å². The quantitative estimate of drug-likeness (QED) is 0.374. The van der Waals surface area contributed by atoms with Crippen molar-refractivity contribution >= 4 is 22.9 Å². The van der Waals surface area contributed by atoms with Gasteiger partial charge in [0.25, 0.3) is 0 Å². The van der Waals surface area contributed by atoms with Crippen LogP contribution in [0.2, 0.25) is 0 Å². The summed E-state index contributed by atoms with van der Waals surface area (Å²) in [7, 11) is 0. The molecule has 0 bridgehead atoms. The molecule has 0 spiro atoms. The van der Waals surface area contributed by atoms with E-state index in [0.717, 1.165) is 40.9 Å². The summed E-state index contributed by atoms with van der Waals surface area (Å²) in [5, 5.41) is 10.8. The van der Waals surface area contributed by atoms with Crippen molar-refractivity contribution < 1.29 is 14.3 Å². The summed E-state index contributed by atoms with van der Waals surface area (Å²) < 4.78 is 6.14. The third-order valence-electron chi connectivity index (χ3n) is 5.58. The monoisotopic (exact) mass is 401 g/mol. The Bertz CT molecular complexity index is 1250. The number of nitrogens with zero attached hydrogens (tertiary/aromatic N) is 1. The van der Waals surface area contributed by atoms with Gasteiger partial charge < -0.3 is 14.4 Å². The van der Waals surface area contributed by atoms with Crippen LogP contribution in [-0.4, -0.2) is 24.5 Å². The van der Waals surface area contributed by atoms with E-state index in [4.69, 9.17) is 4.42 Å². The zero-order chi connectivity index (χ0) is 21.3. The zero-order valence-electron chi connectivity index (χ0n) is 17.0. The minimum absolute atomic E-state index is 0.00497. The smallest absolute Gasteiger partial charge is 0.192 e. The van der Waals surface area contributed by atoms with Gasteiger partial charge in [-0.2, -0.15) is 0 Å². The SMILES string of the molecule is CCN(CC)c1ccc2c(-c3ccccc3CO)c3ccc(=O)c(C=O)c-3oc2c1. The van der Waals surface area contributed by atoms with Crippen molar-refractivity contribution in [1.82, 2.24) is 0 Å². The molecule has 2 aliphatic rings. The number of carbonyl (C=O) groups excluding carboxylic acids is 1. The molecular formula is C25H23NO4. The molecule has 4 rings (SSSR count). The molecule has 1 aliphatic heterocycles. The van der Waals surface area contributed by atoms with E-state index >= 15 is 0 Å². The maximum absolute atomic E-state index is 12.3. The average Bonchev–Trinajstić information content (AvgIpc) is 2.78. The number of hydrogen-bond donors (Lipinski definition) is 1. The van der Waals surface area contributed by atoms with Crippen LogP contribution >= 0.6 is 0 Å². The van der Waals surface area contributed by atoms with E-state index in [1.54, 1.807) is 6.07 Å². The summed E-state index contributed by atoms with van der Waals surface area (Å²) in [4.78, 5) is 26.2. The highest BCUT2D eigenvalue weighted by Gasteiger charge is 2.23. The molecule has 0 saturated carbocycles. The second kappa shape index (κ2) is 8.13. The van der Waals surface area contributed by atoms with Gasteiger partial charge in [0.05, 0.1) is 6.61 Å². The van der Waals surface area contributed by atoms with Crippen molar-refractivity contribution in [2.75, 3.05) is 18.0 Å². The van der Waals surface area contributed by atoms with Crippen LogP contribution in [0.15, 0.2) is 63.8 Å². The number of benzene rings is 3. The van der Waals surface area contributed by atoms with Crippen LogP contribution in [0.1, 0.15) is 29.8 Å². The first kappa shape index (κ1) is 19.9. The Labute approximate surface area is 174 Å². The molecular weight excluding hydrogens is 378 g/mol. The summed E-state index contributed by atoms with van der Waals surface area (Å²) in [6, 6.07) is 16.7. The summed E-state index contributed by atoms with van der Waals surface area (Å²) in [6.45, 7) is 5.74. The van der Waals surface area contributed by atoms with E-state index < -0.39 is 0 Å². The number of carbonyl (C=O) groups is 1. The Kier molecular flexibility index (Phi) is 5.38. The van der Waals surface area contributed by atoms with Crippen LogP contribution in [0, 0.1) is 0 Å². The van der Waals surface area contributed by atoms with E-state index in [1.165, 1.54) is 6.07 Å². The molecule has 30 heavy (non-hydrogen) atoms. The Morgan fingerprint density at radius 1 is 1.00 bits per heavy atom. The molecule has 0 aromatic heterocycles. The molecule has 0 unspecified atom stereocenters. The molecule has 1 aliphatic carbocycles. The summed E-state index contributed by atoms with van der Waals surface area (Å²) >= 11 is 0. The van der Waals surface area contributed by atoms with Gasteiger partial charge in [0, 0.05) is 41.4 Å². The van der Waals surface area contributed by atoms with Crippen molar-refractivity contribution in [2.45, 2.75) is 20.5 Å². The van der Waals surface area contributed by atoms with Crippen LogP contribution in [0.25, 0.3) is 33.4 Å². The first-order valence-corrected chi connectivity index (χ1v) is 10.1. The molecule has 5 nitrogen and oxygen atoms in total. The van der Waals surface area contributed by atoms with Crippen LogP contribution < -0.4 is 10.3 Å². The molecule has 1 heterocycles. The molecule has 1 N–H and O–H groups in total. The van der Waals surface area contributed by atoms with Crippen molar-refractivity contribution in [3.05, 3.63) is 75.9 Å². The van der Waals surface area contributed by atoms with E-state index in [0.29, 0.717) is 17.4 Å². The zero-order valence-corrected chi connectivity index (χ0v) is 17.0. The average molecular weight is 401 g/mol. The highest BCUT2D eigenvalue weighted by Crippen LogP contribution is 2.42. The first-order chi connectivity index (χ1) is 14.6. The molecule has 152 valence electrons. The van der Waals surface area contributed by atoms with Crippen LogP contribution in [0.4, 0.5) is 5.69 Å². The number of anilines is 1.